The molecule has 0 heterocycles. The van der Waals surface area contributed by atoms with E-state index in [9.17, 15) is 14.4 Å². The Labute approximate surface area is 473 Å². The standard InChI is InChI=1S/C71H112O6/c1-4-7-10-13-16-19-22-25-27-29-31-33-34-35-36-38-39-41-43-46-49-52-55-58-61-64-70(73)76-67-68(66-75-69(72)63-60-57-54-51-48-45-24-21-18-15-12-9-6-3)77-71(74)65-62-59-56-53-50-47-44-42-40-37-32-30-28-26-23-20-17-14-11-8-5-2/h7-12,16-21,25-28,31-33,35-37,45,48,54,57,68H,4-6,13-15,22-24,29-30,34,38-44,46-47,49-53,55-56,58-67H2,1-3H3/b10-7-,11-8-,12-9-,19-16-,20-17-,21-18-,27-25-,28-26-,33-31-,36-35-,37-32-,48-45-,57-54-. The van der Waals surface area contributed by atoms with Crippen molar-refractivity contribution in [2.75, 3.05) is 13.2 Å². The molecule has 0 aromatic carbocycles. The van der Waals surface area contributed by atoms with Gasteiger partial charge in [-0.3, -0.25) is 14.4 Å². The number of esters is 3. The van der Waals surface area contributed by atoms with Crippen LogP contribution < -0.4 is 0 Å². The number of hydrogen-bond acceptors (Lipinski definition) is 6. The Hall–Kier alpha value is -4.97. The first-order valence-corrected chi connectivity index (χ1v) is 31.0. The van der Waals surface area contributed by atoms with Crippen molar-refractivity contribution >= 4 is 17.9 Å². The second-order valence-electron chi connectivity index (χ2n) is 19.8. The fraction of sp³-hybridized carbons (Fsp3) is 0.592. The molecule has 432 valence electrons. The lowest BCUT2D eigenvalue weighted by atomic mass is 10.1. The Kier molecular flexibility index (Phi) is 59.5. The molecule has 1 unspecified atom stereocenters. The Morgan fingerprint density at radius 2 is 0.494 bits per heavy atom. The second-order valence-corrected chi connectivity index (χ2v) is 19.8. The molecule has 0 radical (unpaired) electrons. The lowest BCUT2D eigenvalue weighted by Crippen LogP contribution is -2.30. The molecule has 0 rings (SSSR count). The first kappa shape index (κ1) is 72.0. The van der Waals surface area contributed by atoms with Gasteiger partial charge < -0.3 is 14.2 Å². The van der Waals surface area contributed by atoms with Crippen molar-refractivity contribution in [3.8, 4) is 0 Å². The molecular formula is C71H112O6. The van der Waals surface area contributed by atoms with Crippen molar-refractivity contribution in [2.45, 2.75) is 258 Å². The summed E-state index contributed by atoms with van der Waals surface area (Å²) in [5.74, 6) is -1.02. The summed E-state index contributed by atoms with van der Waals surface area (Å²) in [4.78, 5) is 38.2. The van der Waals surface area contributed by atoms with E-state index < -0.39 is 6.10 Å². The van der Waals surface area contributed by atoms with Gasteiger partial charge in [0.05, 0.1) is 0 Å². The van der Waals surface area contributed by atoms with Gasteiger partial charge in [0.15, 0.2) is 6.10 Å². The van der Waals surface area contributed by atoms with Crippen molar-refractivity contribution in [3.63, 3.8) is 0 Å². The van der Waals surface area contributed by atoms with E-state index in [0.717, 1.165) is 135 Å². The first-order chi connectivity index (χ1) is 38.0. The molecule has 0 saturated carbocycles. The topological polar surface area (TPSA) is 78.9 Å². The quantitative estimate of drug-likeness (QED) is 0.0261. The van der Waals surface area contributed by atoms with E-state index in [-0.39, 0.29) is 37.5 Å². The van der Waals surface area contributed by atoms with Crippen LogP contribution in [0.5, 0.6) is 0 Å². The minimum absolute atomic E-state index is 0.113. The molecule has 0 bridgehead atoms. The average Bonchev–Trinajstić information content (AvgIpc) is 3.43. The zero-order valence-electron chi connectivity index (χ0n) is 49.4. The lowest BCUT2D eigenvalue weighted by Gasteiger charge is -2.18. The maximum atomic E-state index is 12.9. The van der Waals surface area contributed by atoms with Crippen molar-refractivity contribution in [1.29, 1.82) is 0 Å². The fourth-order valence-corrected chi connectivity index (χ4v) is 8.00. The maximum absolute atomic E-state index is 12.9. The summed E-state index contributed by atoms with van der Waals surface area (Å²) in [6.07, 6.45) is 92.6. The maximum Gasteiger partial charge on any atom is 0.306 e. The van der Waals surface area contributed by atoms with Crippen molar-refractivity contribution < 1.29 is 28.6 Å². The fourth-order valence-electron chi connectivity index (χ4n) is 8.00. The van der Waals surface area contributed by atoms with Gasteiger partial charge >= 0.3 is 17.9 Å². The Balaban J connectivity index is 4.43. The normalized spacial score (nSPS) is 13.2. The van der Waals surface area contributed by atoms with Gasteiger partial charge in [-0.2, -0.15) is 0 Å². The zero-order valence-corrected chi connectivity index (χ0v) is 49.4. The smallest absolute Gasteiger partial charge is 0.306 e. The molecule has 0 aliphatic heterocycles. The summed E-state index contributed by atoms with van der Waals surface area (Å²) in [7, 11) is 0. The Bertz CT molecular complexity index is 1740. The number of hydrogen-bond donors (Lipinski definition) is 0. The summed E-state index contributed by atoms with van der Waals surface area (Å²) < 4.78 is 16.8. The number of carbonyl (C=O) groups excluding carboxylic acids is 3. The molecule has 0 aliphatic rings. The third kappa shape index (κ3) is 61.8. The number of rotatable bonds is 54. The number of carbonyl (C=O) groups is 3. The second kappa shape index (κ2) is 63.6. The molecule has 0 N–H and O–H groups in total. The van der Waals surface area contributed by atoms with Gasteiger partial charge in [0.25, 0.3) is 0 Å². The van der Waals surface area contributed by atoms with Crippen LogP contribution in [0.3, 0.4) is 0 Å². The van der Waals surface area contributed by atoms with Crippen molar-refractivity contribution in [2.24, 2.45) is 0 Å². The van der Waals surface area contributed by atoms with E-state index >= 15 is 0 Å². The number of ether oxygens (including phenoxy) is 3. The van der Waals surface area contributed by atoms with Crippen LogP contribution in [-0.4, -0.2) is 37.2 Å². The van der Waals surface area contributed by atoms with Gasteiger partial charge in [0, 0.05) is 19.3 Å². The molecule has 0 fully saturated rings. The molecule has 77 heavy (non-hydrogen) atoms. The van der Waals surface area contributed by atoms with Crippen LogP contribution in [0.4, 0.5) is 0 Å². The molecule has 0 saturated heterocycles. The van der Waals surface area contributed by atoms with E-state index in [2.05, 4.69) is 167 Å². The third-order valence-electron chi connectivity index (χ3n) is 12.5. The third-order valence-corrected chi connectivity index (χ3v) is 12.5. The largest absolute Gasteiger partial charge is 0.462 e. The van der Waals surface area contributed by atoms with E-state index in [0.29, 0.717) is 19.3 Å². The van der Waals surface area contributed by atoms with Crippen LogP contribution in [0, 0.1) is 0 Å². The average molecular weight is 1060 g/mol. The van der Waals surface area contributed by atoms with E-state index in [1.54, 1.807) is 0 Å². The van der Waals surface area contributed by atoms with Gasteiger partial charge in [-0.25, -0.2) is 0 Å². The summed E-state index contributed by atoms with van der Waals surface area (Å²) in [5.41, 5.74) is 0. The molecule has 0 aliphatic carbocycles. The zero-order chi connectivity index (χ0) is 55.7. The Morgan fingerprint density at radius 3 is 0.805 bits per heavy atom. The summed E-state index contributed by atoms with van der Waals surface area (Å²) in [5, 5.41) is 0. The van der Waals surface area contributed by atoms with Gasteiger partial charge in [0.2, 0.25) is 0 Å². The highest BCUT2D eigenvalue weighted by atomic mass is 16.6. The number of allylic oxidation sites excluding steroid dienone is 26. The summed E-state index contributed by atoms with van der Waals surface area (Å²) in [6, 6.07) is 0. The lowest BCUT2D eigenvalue weighted by molar-refractivity contribution is -0.166. The molecule has 6 nitrogen and oxygen atoms in total. The highest BCUT2D eigenvalue weighted by Crippen LogP contribution is 2.15. The van der Waals surface area contributed by atoms with E-state index in [1.165, 1.54) is 70.6 Å². The monoisotopic (exact) mass is 1060 g/mol. The van der Waals surface area contributed by atoms with E-state index in [4.69, 9.17) is 14.2 Å². The van der Waals surface area contributed by atoms with Gasteiger partial charge in [-0.15, -0.1) is 0 Å². The first-order valence-electron chi connectivity index (χ1n) is 31.0. The molecule has 6 heteroatoms. The molecule has 0 aromatic rings. The highest BCUT2D eigenvalue weighted by molar-refractivity contribution is 5.71. The SMILES string of the molecule is CC/C=C\C/C=C\C/C=C\C/C=C\C/C=C\CCCCCCCCCCCC(=O)OCC(COC(=O)CC/C=C\C/C=C\C/C=C\C/C=C\CC)OC(=O)CCCCCCCCCC/C=C\C/C=C\C/C=C\C/C=C\CC. The van der Waals surface area contributed by atoms with Crippen LogP contribution in [0.15, 0.2) is 158 Å². The number of unbranched alkanes of at least 4 members (excludes halogenated alkanes) is 17. The molecule has 0 aromatic heterocycles. The highest BCUT2D eigenvalue weighted by Gasteiger charge is 2.19. The van der Waals surface area contributed by atoms with E-state index in [1.807, 2.05) is 12.2 Å². The summed E-state index contributed by atoms with van der Waals surface area (Å²) >= 11 is 0. The van der Waals surface area contributed by atoms with Gasteiger partial charge in [0.1, 0.15) is 13.2 Å². The molecule has 1 atom stereocenters. The molecular weight excluding hydrogens is 949 g/mol. The van der Waals surface area contributed by atoms with Crippen LogP contribution in [0.1, 0.15) is 252 Å². The Morgan fingerprint density at radius 1 is 0.260 bits per heavy atom. The molecule has 0 spiro atoms. The van der Waals surface area contributed by atoms with Crippen LogP contribution in [0.25, 0.3) is 0 Å². The minimum atomic E-state index is -0.823. The predicted octanol–water partition coefficient (Wildman–Crippen LogP) is 21.3. The van der Waals surface area contributed by atoms with Gasteiger partial charge in [-0.05, 0) is 128 Å². The minimum Gasteiger partial charge on any atom is -0.462 e. The van der Waals surface area contributed by atoms with Crippen molar-refractivity contribution in [1.82, 2.24) is 0 Å². The van der Waals surface area contributed by atoms with Gasteiger partial charge in [-0.1, -0.05) is 262 Å². The summed E-state index contributed by atoms with van der Waals surface area (Å²) in [6.45, 7) is 6.22. The molecule has 0 amide bonds. The van der Waals surface area contributed by atoms with Crippen LogP contribution >= 0.6 is 0 Å². The van der Waals surface area contributed by atoms with Crippen molar-refractivity contribution in [3.05, 3.63) is 158 Å². The predicted molar refractivity (Wildman–Crippen MR) is 334 cm³/mol. The van der Waals surface area contributed by atoms with Crippen LogP contribution in [0.2, 0.25) is 0 Å². The van der Waals surface area contributed by atoms with Crippen LogP contribution in [-0.2, 0) is 28.6 Å².